The van der Waals surface area contributed by atoms with Gasteiger partial charge in [0.05, 0.1) is 18.4 Å². The van der Waals surface area contributed by atoms with Crippen LogP contribution in [0.1, 0.15) is 31.3 Å². The molecule has 0 aliphatic carbocycles. The maximum absolute atomic E-state index is 12.1. The first-order valence-corrected chi connectivity index (χ1v) is 6.45. The molecule has 5 heteroatoms. The van der Waals surface area contributed by atoms with Crippen molar-refractivity contribution in [1.29, 1.82) is 0 Å². The molecule has 2 atom stereocenters. The average molecular weight is 265 g/mol. The maximum atomic E-state index is 12.1. The lowest BCUT2D eigenvalue weighted by atomic mass is 9.82. The first-order chi connectivity index (χ1) is 8.86. The summed E-state index contributed by atoms with van der Waals surface area (Å²) in [5.41, 5.74) is -0.931. The van der Waals surface area contributed by atoms with Crippen molar-refractivity contribution in [3.05, 3.63) is 24.2 Å². The van der Waals surface area contributed by atoms with Gasteiger partial charge in [-0.15, -0.1) is 0 Å². The Morgan fingerprint density at radius 1 is 1.53 bits per heavy atom. The van der Waals surface area contributed by atoms with E-state index in [0.717, 1.165) is 0 Å². The number of likely N-dealkylation sites (tertiary alicyclic amines) is 1. The minimum atomic E-state index is -0.931. The molecule has 2 heterocycles. The van der Waals surface area contributed by atoms with Crippen molar-refractivity contribution in [2.24, 2.45) is 11.8 Å². The average Bonchev–Trinajstić information content (AvgIpc) is 2.97. The Morgan fingerprint density at radius 3 is 2.68 bits per heavy atom. The number of rotatable bonds is 3. The summed E-state index contributed by atoms with van der Waals surface area (Å²) in [5.74, 6) is -1.26. The Labute approximate surface area is 112 Å². The lowest BCUT2D eigenvalue weighted by Gasteiger charge is -2.30. The van der Waals surface area contributed by atoms with Crippen molar-refractivity contribution in [2.75, 3.05) is 13.1 Å². The van der Waals surface area contributed by atoms with Gasteiger partial charge in [-0.3, -0.25) is 9.59 Å². The zero-order valence-electron chi connectivity index (χ0n) is 11.4. The van der Waals surface area contributed by atoms with Gasteiger partial charge in [0.2, 0.25) is 0 Å². The monoisotopic (exact) mass is 265 g/mol. The van der Waals surface area contributed by atoms with Crippen LogP contribution in [0.2, 0.25) is 0 Å². The molecule has 1 N–H and O–H groups in total. The largest absolute Gasteiger partial charge is 0.461 e. The van der Waals surface area contributed by atoms with E-state index in [0.29, 0.717) is 6.54 Å². The third-order valence-corrected chi connectivity index (χ3v) is 4.02. The third-order valence-electron chi connectivity index (χ3n) is 4.02. The molecular weight excluding hydrogens is 246 g/mol. The number of Topliss-reactive ketones (excluding diaryl/α,β-unsaturated/α-hetero) is 1. The van der Waals surface area contributed by atoms with E-state index in [1.54, 1.807) is 6.07 Å². The van der Waals surface area contributed by atoms with Crippen LogP contribution in [0.25, 0.3) is 0 Å². The van der Waals surface area contributed by atoms with Crippen LogP contribution in [0, 0.1) is 11.8 Å². The van der Waals surface area contributed by atoms with Crippen LogP contribution in [0.15, 0.2) is 22.8 Å². The van der Waals surface area contributed by atoms with Gasteiger partial charge >= 0.3 is 0 Å². The first kappa shape index (κ1) is 13.8. The summed E-state index contributed by atoms with van der Waals surface area (Å²) < 4.78 is 4.94. The second-order valence-corrected chi connectivity index (χ2v) is 5.54. The van der Waals surface area contributed by atoms with E-state index >= 15 is 0 Å². The summed E-state index contributed by atoms with van der Waals surface area (Å²) >= 11 is 0. The summed E-state index contributed by atoms with van der Waals surface area (Å²) in [7, 11) is 0. The van der Waals surface area contributed by atoms with Crippen LogP contribution in [0.4, 0.5) is 0 Å². The summed E-state index contributed by atoms with van der Waals surface area (Å²) in [6.45, 7) is 6.30. The molecule has 1 aromatic rings. The molecule has 104 valence electrons. The molecule has 0 aromatic carbocycles. The quantitative estimate of drug-likeness (QED) is 0.661. The zero-order valence-corrected chi connectivity index (χ0v) is 11.4. The lowest BCUT2D eigenvalue weighted by Crippen LogP contribution is -2.44. The molecular formula is C14H19NO4. The van der Waals surface area contributed by atoms with Gasteiger partial charge in [0.15, 0.2) is 5.76 Å². The second-order valence-electron chi connectivity index (χ2n) is 5.54. The smallest absolute Gasteiger partial charge is 0.298 e. The minimum absolute atomic E-state index is 0.0269. The van der Waals surface area contributed by atoms with Gasteiger partial charge in [0.25, 0.3) is 11.7 Å². The number of β-amino-alcohol motifs (C(OH)–C–C–N with tert-alkyl or cyclic N) is 1. The summed E-state index contributed by atoms with van der Waals surface area (Å²) in [4.78, 5) is 25.4. The molecule has 0 saturated carbocycles. The van der Waals surface area contributed by atoms with Crippen LogP contribution in [0.3, 0.4) is 0 Å². The Bertz CT molecular complexity index is 480. The number of nitrogens with zero attached hydrogens (tertiary/aromatic N) is 1. The minimum Gasteiger partial charge on any atom is -0.461 e. The van der Waals surface area contributed by atoms with E-state index in [9.17, 15) is 14.7 Å². The van der Waals surface area contributed by atoms with Crippen LogP contribution in [-0.4, -0.2) is 40.4 Å². The van der Waals surface area contributed by atoms with Crippen molar-refractivity contribution in [3.63, 3.8) is 0 Å². The van der Waals surface area contributed by atoms with Crippen LogP contribution < -0.4 is 0 Å². The molecule has 1 amide bonds. The number of aliphatic hydroxyl groups is 1. The number of ketones is 1. The van der Waals surface area contributed by atoms with E-state index in [4.69, 9.17) is 4.42 Å². The molecule has 0 unspecified atom stereocenters. The van der Waals surface area contributed by atoms with Crippen molar-refractivity contribution in [3.8, 4) is 0 Å². The Kier molecular flexibility index (Phi) is 3.49. The first-order valence-electron chi connectivity index (χ1n) is 6.45. The third kappa shape index (κ3) is 2.30. The number of amides is 1. The number of hydrogen-bond donors (Lipinski definition) is 1. The molecule has 19 heavy (non-hydrogen) atoms. The summed E-state index contributed by atoms with van der Waals surface area (Å²) in [5, 5.41) is 10.5. The van der Waals surface area contributed by atoms with E-state index in [1.165, 1.54) is 17.2 Å². The fraction of sp³-hybridized carbons (Fsp3) is 0.571. The van der Waals surface area contributed by atoms with Gasteiger partial charge in [0, 0.05) is 12.5 Å². The fourth-order valence-electron chi connectivity index (χ4n) is 2.58. The van der Waals surface area contributed by atoms with E-state index < -0.39 is 17.3 Å². The van der Waals surface area contributed by atoms with Crippen molar-refractivity contribution < 1.29 is 19.1 Å². The number of hydrogen-bond acceptors (Lipinski definition) is 4. The molecule has 2 rings (SSSR count). The second kappa shape index (κ2) is 4.81. The number of furan rings is 1. The zero-order chi connectivity index (χ0) is 14.2. The van der Waals surface area contributed by atoms with Crippen molar-refractivity contribution >= 4 is 11.7 Å². The standard InChI is InChI=1S/C14H19NO4/c1-9(2)14(18)8-15(7-10(14)3)13(17)12(16)11-5-4-6-19-11/h4-6,9-10,18H,7-8H2,1-3H3/t10-,14-/m0/s1. The molecule has 0 spiro atoms. The predicted octanol–water partition coefficient (Wildman–Crippen LogP) is 1.33. The molecule has 1 saturated heterocycles. The Hall–Kier alpha value is -1.62. The summed E-state index contributed by atoms with van der Waals surface area (Å²) in [6, 6.07) is 3.03. The van der Waals surface area contributed by atoms with Gasteiger partial charge in [-0.2, -0.15) is 0 Å². The van der Waals surface area contributed by atoms with E-state index in [2.05, 4.69) is 0 Å². The highest BCUT2D eigenvalue weighted by molar-refractivity contribution is 6.42. The lowest BCUT2D eigenvalue weighted by molar-refractivity contribution is -0.126. The van der Waals surface area contributed by atoms with E-state index in [1.807, 2.05) is 20.8 Å². The SMILES string of the molecule is CC(C)[C@@]1(O)CN(C(=O)C(=O)c2ccco2)C[C@@H]1C. The van der Waals surface area contributed by atoms with Gasteiger partial charge in [-0.25, -0.2) is 0 Å². The number of carbonyl (C=O) groups is 2. The highest BCUT2D eigenvalue weighted by atomic mass is 16.3. The van der Waals surface area contributed by atoms with Crippen molar-refractivity contribution in [2.45, 2.75) is 26.4 Å². The molecule has 1 aliphatic heterocycles. The predicted molar refractivity (Wildman–Crippen MR) is 68.6 cm³/mol. The van der Waals surface area contributed by atoms with Gasteiger partial charge < -0.3 is 14.4 Å². The topological polar surface area (TPSA) is 70.8 Å². The molecule has 1 aliphatic rings. The van der Waals surface area contributed by atoms with Crippen LogP contribution in [0.5, 0.6) is 0 Å². The molecule has 0 bridgehead atoms. The molecule has 0 radical (unpaired) electrons. The molecule has 1 fully saturated rings. The van der Waals surface area contributed by atoms with Gasteiger partial charge in [-0.1, -0.05) is 20.8 Å². The van der Waals surface area contributed by atoms with Crippen LogP contribution in [-0.2, 0) is 4.79 Å². The van der Waals surface area contributed by atoms with Crippen LogP contribution >= 0.6 is 0 Å². The highest BCUT2D eigenvalue weighted by Gasteiger charge is 2.47. The summed E-state index contributed by atoms with van der Waals surface area (Å²) in [6.07, 6.45) is 1.36. The maximum Gasteiger partial charge on any atom is 0.298 e. The van der Waals surface area contributed by atoms with Crippen molar-refractivity contribution in [1.82, 2.24) is 4.90 Å². The fourth-order valence-corrected chi connectivity index (χ4v) is 2.58. The Balaban J connectivity index is 2.13. The molecule has 5 nitrogen and oxygen atoms in total. The normalized spacial score (nSPS) is 27.0. The molecule has 1 aromatic heterocycles. The highest BCUT2D eigenvalue weighted by Crippen LogP contribution is 2.34. The van der Waals surface area contributed by atoms with Gasteiger partial charge in [-0.05, 0) is 18.1 Å². The van der Waals surface area contributed by atoms with E-state index in [-0.39, 0.29) is 24.1 Å². The Morgan fingerprint density at radius 2 is 2.21 bits per heavy atom. The van der Waals surface area contributed by atoms with Gasteiger partial charge in [0.1, 0.15) is 0 Å². The number of carbonyl (C=O) groups excluding carboxylic acids is 2.